The third kappa shape index (κ3) is 3.94. The van der Waals surface area contributed by atoms with Crippen molar-refractivity contribution in [3.05, 3.63) is 71.8 Å². The van der Waals surface area contributed by atoms with Gasteiger partial charge in [0.2, 0.25) is 5.60 Å². The van der Waals surface area contributed by atoms with Gasteiger partial charge in [0.15, 0.2) is 6.61 Å². The van der Waals surface area contributed by atoms with Gasteiger partial charge in [-0.1, -0.05) is 60.7 Å². The number of ether oxygens (including phenoxy) is 2. The van der Waals surface area contributed by atoms with Crippen LogP contribution in [0.1, 0.15) is 30.9 Å². The Labute approximate surface area is 153 Å². The van der Waals surface area contributed by atoms with Crippen LogP contribution in [0.15, 0.2) is 60.7 Å². The number of carbonyl (C=O) groups excluding carboxylic acids is 2. The Bertz CT molecular complexity index is 702. The van der Waals surface area contributed by atoms with Gasteiger partial charge in [-0.2, -0.15) is 0 Å². The summed E-state index contributed by atoms with van der Waals surface area (Å²) in [6.45, 7) is 1.82. The van der Waals surface area contributed by atoms with Crippen molar-refractivity contribution in [3.8, 4) is 0 Å². The van der Waals surface area contributed by atoms with Crippen molar-refractivity contribution in [2.24, 2.45) is 0 Å². The average Bonchev–Trinajstić information content (AvgIpc) is 3.49. The van der Waals surface area contributed by atoms with Crippen molar-refractivity contribution in [2.45, 2.75) is 31.4 Å². The Morgan fingerprint density at radius 3 is 2.00 bits per heavy atom. The molecule has 1 aliphatic carbocycles. The molecular formula is C21H23NO4. The molecule has 0 heterocycles. The maximum absolute atomic E-state index is 13.1. The summed E-state index contributed by atoms with van der Waals surface area (Å²) >= 11 is 0. The topological polar surface area (TPSA) is 64.6 Å². The van der Waals surface area contributed by atoms with E-state index >= 15 is 0 Å². The summed E-state index contributed by atoms with van der Waals surface area (Å²) in [5, 5.41) is 2.82. The quantitative estimate of drug-likeness (QED) is 0.741. The number of amides is 1. The first-order valence-corrected chi connectivity index (χ1v) is 8.88. The van der Waals surface area contributed by atoms with Crippen LogP contribution in [0.4, 0.5) is 0 Å². The molecular weight excluding hydrogens is 330 g/mol. The molecule has 0 aromatic heterocycles. The summed E-state index contributed by atoms with van der Waals surface area (Å²) in [5.74, 6) is -0.880. The molecule has 0 aliphatic heterocycles. The Hall–Kier alpha value is -2.66. The van der Waals surface area contributed by atoms with Crippen molar-refractivity contribution in [3.63, 3.8) is 0 Å². The maximum atomic E-state index is 13.1. The fourth-order valence-corrected chi connectivity index (χ4v) is 2.92. The SMILES string of the molecule is CCOC(C(=O)OCC(=O)NC1CC1)(c1ccccc1)c1ccccc1. The van der Waals surface area contributed by atoms with E-state index in [1.54, 1.807) is 0 Å². The van der Waals surface area contributed by atoms with Crippen molar-refractivity contribution in [2.75, 3.05) is 13.2 Å². The van der Waals surface area contributed by atoms with Crippen LogP contribution in [0.5, 0.6) is 0 Å². The van der Waals surface area contributed by atoms with Gasteiger partial charge in [-0.25, -0.2) is 4.79 Å². The zero-order chi connectivity index (χ0) is 18.4. The Kier molecular flexibility index (Phi) is 5.68. The summed E-state index contributed by atoms with van der Waals surface area (Å²) < 4.78 is 11.4. The van der Waals surface area contributed by atoms with Crippen LogP contribution in [0.2, 0.25) is 0 Å². The molecule has 3 rings (SSSR count). The molecule has 2 aromatic rings. The number of hydrogen-bond donors (Lipinski definition) is 1. The van der Waals surface area contributed by atoms with Crippen molar-refractivity contribution >= 4 is 11.9 Å². The lowest BCUT2D eigenvalue weighted by molar-refractivity contribution is -0.170. The van der Waals surface area contributed by atoms with Crippen LogP contribution in [0.3, 0.4) is 0 Å². The highest BCUT2D eigenvalue weighted by Gasteiger charge is 2.45. The van der Waals surface area contributed by atoms with Crippen LogP contribution in [-0.2, 0) is 24.7 Å². The molecule has 1 fully saturated rings. The molecule has 1 aliphatic rings. The highest BCUT2D eigenvalue weighted by molar-refractivity contribution is 5.88. The molecule has 0 bridgehead atoms. The largest absolute Gasteiger partial charge is 0.453 e. The zero-order valence-electron chi connectivity index (χ0n) is 14.8. The fraction of sp³-hybridized carbons (Fsp3) is 0.333. The second kappa shape index (κ2) is 8.15. The fourth-order valence-electron chi connectivity index (χ4n) is 2.92. The van der Waals surface area contributed by atoms with E-state index < -0.39 is 11.6 Å². The highest BCUT2D eigenvalue weighted by atomic mass is 16.6. The van der Waals surface area contributed by atoms with E-state index in [-0.39, 0.29) is 18.6 Å². The van der Waals surface area contributed by atoms with Gasteiger partial charge in [0.1, 0.15) is 0 Å². The average molecular weight is 353 g/mol. The third-order valence-electron chi connectivity index (χ3n) is 4.29. The van der Waals surface area contributed by atoms with E-state index in [2.05, 4.69) is 5.32 Å². The molecule has 0 saturated heterocycles. The molecule has 2 aromatic carbocycles. The molecule has 0 unspecified atom stereocenters. The number of esters is 1. The van der Waals surface area contributed by atoms with E-state index in [1.165, 1.54) is 0 Å². The number of hydrogen-bond acceptors (Lipinski definition) is 4. The van der Waals surface area contributed by atoms with Gasteiger partial charge in [0.25, 0.3) is 5.91 Å². The monoisotopic (exact) mass is 353 g/mol. The van der Waals surface area contributed by atoms with Gasteiger partial charge >= 0.3 is 5.97 Å². The Morgan fingerprint density at radius 2 is 1.54 bits per heavy atom. The summed E-state index contributed by atoms with van der Waals surface area (Å²) in [5.41, 5.74) is -0.0711. The zero-order valence-corrected chi connectivity index (χ0v) is 14.8. The minimum Gasteiger partial charge on any atom is -0.453 e. The molecule has 26 heavy (non-hydrogen) atoms. The number of nitrogens with one attached hydrogen (secondary N) is 1. The van der Waals surface area contributed by atoms with Gasteiger partial charge in [-0.05, 0) is 30.9 Å². The van der Waals surface area contributed by atoms with E-state index in [0.717, 1.165) is 12.8 Å². The molecule has 1 N–H and O–H groups in total. The molecule has 0 spiro atoms. The smallest absolute Gasteiger partial charge is 0.348 e. The number of rotatable bonds is 8. The van der Waals surface area contributed by atoms with E-state index in [0.29, 0.717) is 17.7 Å². The van der Waals surface area contributed by atoms with Gasteiger partial charge in [-0.15, -0.1) is 0 Å². The molecule has 5 heteroatoms. The summed E-state index contributed by atoms with van der Waals surface area (Å²) in [6, 6.07) is 18.7. The van der Waals surface area contributed by atoms with Crippen LogP contribution < -0.4 is 5.32 Å². The minimum absolute atomic E-state index is 0.223. The lowest BCUT2D eigenvalue weighted by atomic mass is 9.86. The Balaban J connectivity index is 1.90. The summed E-state index contributed by atoms with van der Waals surface area (Å²) in [4.78, 5) is 25.1. The predicted molar refractivity (Wildman–Crippen MR) is 97.4 cm³/mol. The van der Waals surface area contributed by atoms with Gasteiger partial charge in [0, 0.05) is 12.6 Å². The summed E-state index contributed by atoms with van der Waals surface area (Å²) in [6.07, 6.45) is 1.97. The molecule has 0 atom stereocenters. The number of carbonyl (C=O) groups is 2. The first-order chi connectivity index (χ1) is 12.7. The van der Waals surface area contributed by atoms with Crippen LogP contribution in [-0.4, -0.2) is 31.1 Å². The first kappa shape index (κ1) is 18.1. The minimum atomic E-state index is -1.41. The van der Waals surface area contributed by atoms with Gasteiger partial charge < -0.3 is 14.8 Å². The van der Waals surface area contributed by atoms with Crippen LogP contribution in [0, 0.1) is 0 Å². The van der Waals surface area contributed by atoms with Crippen LogP contribution >= 0.6 is 0 Å². The normalized spacial score (nSPS) is 13.9. The van der Waals surface area contributed by atoms with Crippen molar-refractivity contribution in [1.29, 1.82) is 0 Å². The lowest BCUT2D eigenvalue weighted by Gasteiger charge is -2.32. The summed E-state index contributed by atoms with van der Waals surface area (Å²) in [7, 11) is 0. The molecule has 5 nitrogen and oxygen atoms in total. The van der Waals surface area contributed by atoms with Gasteiger partial charge in [-0.3, -0.25) is 4.79 Å². The first-order valence-electron chi connectivity index (χ1n) is 8.88. The maximum Gasteiger partial charge on any atom is 0.348 e. The van der Waals surface area contributed by atoms with E-state index in [4.69, 9.17) is 9.47 Å². The second-order valence-electron chi connectivity index (χ2n) is 6.26. The third-order valence-corrected chi connectivity index (χ3v) is 4.29. The molecule has 1 amide bonds. The van der Waals surface area contributed by atoms with E-state index in [1.807, 2.05) is 67.6 Å². The van der Waals surface area contributed by atoms with Gasteiger partial charge in [0.05, 0.1) is 0 Å². The molecule has 0 radical (unpaired) electrons. The van der Waals surface area contributed by atoms with Crippen molar-refractivity contribution in [1.82, 2.24) is 5.32 Å². The standard InChI is InChI=1S/C21H23NO4/c1-2-26-21(16-9-5-3-6-10-16,17-11-7-4-8-12-17)20(24)25-15-19(23)22-18-13-14-18/h3-12,18H,2,13-15H2,1H3,(H,22,23). The Morgan fingerprint density at radius 1 is 1.00 bits per heavy atom. The molecule has 1 saturated carbocycles. The predicted octanol–water partition coefficient (Wildman–Crippen LogP) is 2.79. The lowest BCUT2D eigenvalue weighted by Crippen LogP contribution is -2.43. The van der Waals surface area contributed by atoms with E-state index in [9.17, 15) is 9.59 Å². The highest BCUT2D eigenvalue weighted by Crippen LogP contribution is 2.35. The molecule has 136 valence electrons. The number of benzene rings is 2. The second-order valence-corrected chi connectivity index (χ2v) is 6.26. The van der Waals surface area contributed by atoms with Crippen LogP contribution in [0.25, 0.3) is 0 Å². The van der Waals surface area contributed by atoms with Crippen molar-refractivity contribution < 1.29 is 19.1 Å².